The second-order valence-corrected chi connectivity index (χ2v) is 7.75. The largest absolute Gasteiger partial charge is 0.381 e. The summed E-state index contributed by atoms with van der Waals surface area (Å²) in [6.45, 7) is 2.58. The van der Waals surface area contributed by atoms with E-state index in [0.29, 0.717) is 18.2 Å². The smallest absolute Gasteiger partial charge is 0.255 e. The predicted octanol–water partition coefficient (Wildman–Crippen LogP) is 4.82. The number of benzene rings is 2. The molecule has 0 unspecified atom stereocenters. The van der Waals surface area contributed by atoms with E-state index in [1.54, 1.807) is 12.1 Å². The molecule has 0 aliphatic carbocycles. The number of ether oxygens (including phenoxy) is 1. The van der Waals surface area contributed by atoms with Gasteiger partial charge in [0.05, 0.1) is 30.1 Å². The van der Waals surface area contributed by atoms with Crippen LogP contribution in [-0.4, -0.2) is 29.3 Å². The maximum absolute atomic E-state index is 14.5. The van der Waals surface area contributed by atoms with Gasteiger partial charge >= 0.3 is 0 Å². The van der Waals surface area contributed by atoms with Crippen LogP contribution in [0.25, 0.3) is 11.3 Å². The van der Waals surface area contributed by atoms with E-state index in [-0.39, 0.29) is 34.3 Å². The van der Waals surface area contributed by atoms with E-state index in [9.17, 15) is 13.6 Å². The Morgan fingerprint density at radius 2 is 2.10 bits per heavy atom. The van der Waals surface area contributed by atoms with Crippen molar-refractivity contribution in [1.82, 2.24) is 15.5 Å². The summed E-state index contributed by atoms with van der Waals surface area (Å²) in [5, 5.41) is 10.1. The van der Waals surface area contributed by atoms with Gasteiger partial charge in [-0.1, -0.05) is 23.7 Å². The number of aromatic nitrogens is 2. The summed E-state index contributed by atoms with van der Waals surface area (Å²) < 4.78 is 34.0. The normalized spacial score (nSPS) is 17.1. The van der Waals surface area contributed by atoms with Crippen molar-refractivity contribution in [3.8, 4) is 11.3 Å². The number of aromatic amines is 1. The van der Waals surface area contributed by atoms with Crippen LogP contribution in [0.5, 0.6) is 0 Å². The molecule has 156 valence electrons. The standard InChI is InChI=1S/C22H20ClF2N3O2/c1-12-17(24)5-6-18(25)19(12)21-16(10-26-28-21)22(29)27-20(14-7-8-30-11-14)13-3-2-4-15(23)9-13/h2-6,9-10,14,20H,7-8,11H2,1H3,(H,26,28)(H,27,29)/t14-,20-/m1/s1. The molecule has 0 bridgehead atoms. The number of amides is 1. The highest BCUT2D eigenvalue weighted by Gasteiger charge is 2.30. The molecule has 0 spiro atoms. The summed E-state index contributed by atoms with van der Waals surface area (Å²) in [4.78, 5) is 13.2. The summed E-state index contributed by atoms with van der Waals surface area (Å²) in [6.07, 6.45) is 2.10. The van der Waals surface area contributed by atoms with E-state index in [1.165, 1.54) is 13.1 Å². The lowest BCUT2D eigenvalue weighted by Crippen LogP contribution is -2.34. The molecule has 1 aliphatic heterocycles. The number of nitrogens with zero attached hydrogens (tertiary/aromatic N) is 1. The lowest BCUT2D eigenvalue weighted by Gasteiger charge is -2.24. The number of nitrogens with one attached hydrogen (secondary N) is 2. The van der Waals surface area contributed by atoms with Gasteiger partial charge in [-0.2, -0.15) is 5.10 Å². The fourth-order valence-electron chi connectivity index (χ4n) is 3.82. The maximum atomic E-state index is 14.5. The van der Waals surface area contributed by atoms with Gasteiger partial charge in [0.1, 0.15) is 11.6 Å². The van der Waals surface area contributed by atoms with Crippen LogP contribution in [0, 0.1) is 24.5 Å². The molecule has 30 heavy (non-hydrogen) atoms. The quantitative estimate of drug-likeness (QED) is 0.608. The molecule has 8 heteroatoms. The molecule has 2 heterocycles. The number of hydrogen-bond acceptors (Lipinski definition) is 3. The van der Waals surface area contributed by atoms with Gasteiger partial charge in [-0.3, -0.25) is 9.89 Å². The highest BCUT2D eigenvalue weighted by atomic mass is 35.5. The average molecular weight is 432 g/mol. The van der Waals surface area contributed by atoms with Gasteiger partial charge in [0, 0.05) is 23.1 Å². The van der Waals surface area contributed by atoms with Crippen molar-refractivity contribution in [2.75, 3.05) is 13.2 Å². The first-order chi connectivity index (χ1) is 14.5. The molecular formula is C22H20ClF2N3O2. The van der Waals surface area contributed by atoms with Crippen LogP contribution < -0.4 is 5.32 Å². The molecule has 1 fully saturated rings. The fourth-order valence-corrected chi connectivity index (χ4v) is 4.02. The minimum atomic E-state index is -0.636. The van der Waals surface area contributed by atoms with E-state index in [4.69, 9.17) is 16.3 Å². The third-order valence-electron chi connectivity index (χ3n) is 5.41. The molecule has 1 saturated heterocycles. The van der Waals surface area contributed by atoms with Crippen molar-refractivity contribution in [1.29, 1.82) is 0 Å². The van der Waals surface area contributed by atoms with Crippen LogP contribution in [0.1, 0.15) is 33.9 Å². The Hall–Kier alpha value is -2.77. The number of H-pyrrole nitrogens is 1. The van der Waals surface area contributed by atoms with Crippen molar-refractivity contribution in [3.63, 3.8) is 0 Å². The monoisotopic (exact) mass is 431 g/mol. The zero-order valence-corrected chi connectivity index (χ0v) is 17.0. The Bertz CT molecular complexity index is 1080. The van der Waals surface area contributed by atoms with E-state index < -0.39 is 17.5 Å². The van der Waals surface area contributed by atoms with Crippen molar-refractivity contribution < 1.29 is 18.3 Å². The molecule has 2 atom stereocenters. The Morgan fingerprint density at radius 3 is 2.83 bits per heavy atom. The van der Waals surface area contributed by atoms with Crippen LogP contribution in [0.3, 0.4) is 0 Å². The molecule has 3 aromatic rings. The van der Waals surface area contributed by atoms with E-state index >= 15 is 0 Å². The minimum absolute atomic E-state index is 0.0128. The van der Waals surface area contributed by atoms with E-state index in [1.807, 2.05) is 12.1 Å². The summed E-state index contributed by atoms with van der Waals surface area (Å²) in [5.74, 6) is -1.58. The molecule has 5 nitrogen and oxygen atoms in total. The minimum Gasteiger partial charge on any atom is -0.381 e. The number of carbonyl (C=O) groups excluding carboxylic acids is 1. The molecule has 2 aromatic carbocycles. The third-order valence-corrected chi connectivity index (χ3v) is 5.65. The lowest BCUT2D eigenvalue weighted by atomic mass is 9.92. The van der Waals surface area contributed by atoms with Gasteiger partial charge in [-0.05, 0) is 48.7 Å². The van der Waals surface area contributed by atoms with Gasteiger partial charge in [0.25, 0.3) is 5.91 Å². The number of hydrogen-bond donors (Lipinski definition) is 2. The molecule has 0 saturated carbocycles. The van der Waals surface area contributed by atoms with E-state index in [0.717, 1.165) is 24.1 Å². The Labute approximate surface area is 177 Å². The zero-order valence-electron chi connectivity index (χ0n) is 16.2. The van der Waals surface area contributed by atoms with Gasteiger partial charge in [0.2, 0.25) is 0 Å². The molecule has 1 aromatic heterocycles. The first kappa shape index (κ1) is 20.5. The van der Waals surface area contributed by atoms with Gasteiger partial charge in [-0.15, -0.1) is 0 Å². The molecular weight excluding hydrogens is 412 g/mol. The predicted molar refractivity (Wildman–Crippen MR) is 109 cm³/mol. The van der Waals surface area contributed by atoms with Crippen molar-refractivity contribution in [3.05, 3.63) is 75.9 Å². The first-order valence-corrected chi connectivity index (χ1v) is 9.96. The number of halogens is 3. The number of rotatable bonds is 5. The van der Waals surface area contributed by atoms with Gasteiger partial charge in [0.15, 0.2) is 0 Å². The van der Waals surface area contributed by atoms with Gasteiger partial charge in [-0.25, -0.2) is 8.78 Å². The van der Waals surface area contributed by atoms with Crippen molar-refractivity contribution >= 4 is 17.5 Å². The molecule has 2 N–H and O–H groups in total. The van der Waals surface area contributed by atoms with Crippen LogP contribution in [-0.2, 0) is 4.74 Å². The fraction of sp³-hybridized carbons (Fsp3) is 0.273. The summed E-state index contributed by atoms with van der Waals surface area (Å²) in [7, 11) is 0. The Balaban J connectivity index is 1.68. The van der Waals surface area contributed by atoms with Crippen molar-refractivity contribution in [2.45, 2.75) is 19.4 Å². The SMILES string of the molecule is Cc1c(F)ccc(F)c1-c1[nH]ncc1C(=O)N[C@H](c1cccc(Cl)c1)[C@@H]1CCOC1. The average Bonchev–Trinajstić information content (AvgIpc) is 3.41. The maximum Gasteiger partial charge on any atom is 0.255 e. The van der Waals surface area contributed by atoms with E-state index in [2.05, 4.69) is 15.5 Å². The van der Waals surface area contributed by atoms with Gasteiger partial charge < -0.3 is 10.1 Å². The highest BCUT2D eigenvalue weighted by Crippen LogP contribution is 2.32. The number of carbonyl (C=O) groups is 1. The van der Waals surface area contributed by atoms with Crippen LogP contribution in [0.15, 0.2) is 42.6 Å². The molecule has 1 aliphatic rings. The molecule has 0 radical (unpaired) electrons. The molecule has 1 amide bonds. The zero-order chi connectivity index (χ0) is 21.3. The first-order valence-electron chi connectivity index (χ1n) is 9.58. The van der Waals surface area contributed by atoms with Crippen LogP contribution in [0.4, 0.5) is 8.78 Å². The van der Waals surface area contributed by atoms with Crippen LogP contribution >= 0.6 is 11.6 Å². The highest BCUT2D eigenvalue weighted by molar-refractivity contribution is 6.30. The summed E-state index contributed by atoms with van der Waals surface area (Å²) in [6, 6.07) is 9.02. The van der Waals surface area contributed by atoms with Crippen molar-refractivity contribution in [2.24, 2.45) is 5.92 Å². The lowest BCUT2D eigenvalue weighted by molar-refractivity contribution is 0.0916. The Kier molecular flexibility index (Phi) is 5.83. The summed E-state index contributed by atoms with van der Waals surface area (Å²) >= 11 is 6.15. The second kappa shape index (κ2) is 8.53. The third kappa shape index (κ3) is 3.95. The second-order valence-electron chi connectivity index (χ2n) is 7.32. The summed E-state index contributed by atoms with van der Waals surface area (Å²) in [5.41, 5.74) is 1.21. The topological polar surface area (TPSA) is 67.0 Å². The molecule has 4 rings (SSSR count). The van der Waals surface area contributed by atoms with Crippen LogP contribution in [0.2, 0.25) is 5.02 Å². The Morgan fingerprint density at radius 1 is 1.30 bits per heavy atom.